The summed E-state index contributed by atoms with van der Waals surface area (Å²) >= 11 is 0. The van der Waals surface area contributed by atoms with Crippen LogP contribution in [-0.4, -0.2) is 35.0 Å². The van der Waals surface area contributed by atoms with Crippen molar-refractivity contribution in [1.82, 2.24) is 15.6 Å². The van der Waals surface area contributed by atoms with E-state index in [0.29, 0.717) is 22.9 Å². The number of benzene rings is 2. The number of rotatable bonds is 4. The van der Waals surface area contributed by atoms with Gasteiger partial charge < -0.3 is 10.1 Å². The standard InChI is InChI=1S/C28H29N3O4/c1-17-9-11-18(12-10-17)15-19-13-14-21-24(20-7-5-6-8-22(20)29-25(19)21)26(33)35-16-23(32)30-27(34)31-28(2,3)4/h5-12,15H,13-14,16H2,1-4H3,(H2,30,31,32,34). The van der Waals surface area contributed by atoms with Crippen molar-refractivity contribution in [2.24, 2.45) is 0 Å². The second kappa shape index (κ2) is 9.70. The molecule has 1 aliphatic carbocycles. The molecule has 0 radical (unpaired) electrons. The van der Waals surface area contributed by atoms with Crippen LogP contribution >= 0.6 is 0 Å². The molecule has 0 bridgehead atoms. The number of pyridine rings is 1. The van der Waals surface area contributed by atoms with Crippen LogP contribution in [0.5, 0.6) is 0 Å². The zero-order chi connectivity index (χ0) is 25.2. The van der Waals surface area contributed by atoms with E-state index in [1.54, 1.807) is 20.8 Å². The van der Waals surface area contributed by atoms with Crippen LogP contribution < -0.4 is 10.6 Å². The molecular formula is C28H29N3O4. The average molecular weight is 472 g/mol. The second-order valence-corrected chi connectivity index (χ2v) is 9.74. The van der Waals surface area contributed by atoms with Crippen molar-refractivity contribution < 1.29 is 19.1 Å². The zero-order valence-electron chi connectivity index (χ0n) is 20.4. The Morgan fingerprint density at radius 2 is 1.74 bits per heavy atom. The SMILES string of the molecule is Cc1ccc(C=C2CCc3c2nc2ccccc2c3C(=O)OCC(=O)NC(=O)NC(C)(C)C)cc1. The first-order chi connectivity index (χ1) is 16.6. The van der Waals surface area contributed by atoms with Crippen LogP contribution in [-0.2, 0) is 16.0 Å². The highest BCUT2D eigenvalue weighted by atomic mass is 16.5. The largest absolute Gasteiger partial charge is 0.452 e. The molecule has 7 heteroatoms. The van der Waals surface area contributed by atoms with Crippen molar-refractivity contribution in [2.45, 2.75) is 46.1 Å². The Labute approximate surface area is 204 Å². The van der Waals surface area contributed by atoms with Gasteiger partial charge in [-0.05, 0) is 69.4 Å². The van der Waals surface area contributed by atoms with E-state index in [0.717, 1.165) is 28.8 Å². The summed E-state index contributed by atoms with van der Waals surface area (Å²) in [6, 6.07) is 15.0. The molecule has 1 heterocycles. The van der Waals surface area contributed by atoms with Gasteiger partial charge in [0.2, 0.25) is 0 Å². The lowest BCUT2D eigenvalue weighted by atomic mass is 10.0. The van der Waals surface area contributed by atoms with Crippen molar-refractivity contribution in [3.63, 3.8) is 0 Å². The summed E-state index contributed by atoms with van der Waals surface area (Å²) in [7, 11) is 0. The maximum Gasteiger partial charge on any atom is 0.339 e. The van der Waals surface area contributed by atoms with Crippen LogP contribution in [0, 0.1) is 6.92 Å². The van der Waals surface area contributed by atoms with Crippen LogP contribution in [0.2, 0.25) is 0 Å². The van der Waals surface area contributed by atoms with E-state index in [1.165, 1.54) is 5.56 Å². The first-order valence-corrected chi connectivity index (χ1v) is 11.6. The molecule has 1 aromatic heterocycles. The highest BCUT2D eigenvalue weighted by Gasteiger charge is 2.28. The maximum absolute atomic E-state index is 13.2. The predicted molar refractivity (Wildman–Crippen MR) is 136 cm³/mol. The number of allylic oxidation sites excluding steroid dienone is 1. The monoisotopic (exact) mass is 471 g/mol. The highest BCUT2D eigenvalue weighted by molar-refractivity contribution is 6.08. The number of aryl methyl sites for hydroxylation is 1. The van der Waals surface area contributed by atoms with Gasteiger partial charge in [0.25, 0.3) is 5.91 Å². The van der Waals surface area contributed by atoms with Crippen LogP contribution in [0.25, 0.3) is 22.6 Å². The van der Waals surface area contributed by atoms with Crippen molar-refractivity contribution >= 4 is 40.5 Å². The van der Waals surface area contributed by atoms with Crippen LogP contribution in [0.4, 0.5) is 4.79 Å². The number of esters is 1. The van der Waals surface area contributed by atoms with Crippen LogP contribution in [0.15, 0.2) is 48.5 Å². The average Bonchev–Trinajstić information content (AvgIpc) is 3.18. The lowest BCUT2D eigenvalue weighted by Crippen LogP contribution is -2.49. The lowest BCUT2D eigenvalue weighted by molar-refractivity contribution is -0.123. The Morgan fingerprint density at radius 3 is 2.46 bits per heavy atom. The zero-order valence-corrected chi connectivity index (χ0v) is 20.4. The molecule has 0 saturated heterocycles. The number of hydrogen-bond acceptors (Lipinski definition) is 5. The van der Waals surface area contributed by atoms with E-state index < -0.39 is 30.1 Å². The van der Waals surface area contributed by atoms with Gasteiger partial charge in [-0.3, -0.25) is 10.1 Å². The minimum atomic E-state index is -0.699. The summed E-state index contributed by atoms with van der Waals surface area (Å²) in [5.41, 5.74) is 5.52. The summed E-state index contributed by atoms with van der Waals surface area (Å²) < 4.78 is 5.34. The van der Waals surface area contributed by atoms with Gasteiger partial charge in [0.05, 0.1) is 16.8 Å². The van der Waals surface area contributed by atoms with E-state index >= 15 is 0 Å². The van der Waals surface area contributed by atoms with Gasteiger partial charge in [0.1, 0.15) is 0 Å². The summed E-state index contributed by atoms with van der Waals surface area (Å²) in [5, 5.41) is 5.49. The van der Waals surface area contributed by atoms with E-state index in [4.69, 9.17) is 9.72 Å². The topological polar surface area (TPSA) is 97.4 Å². The van der Waals surface area contributed by atoms with Gasteiger partial charge in [-0.1, -0.05) is 48.0 Å². The van der Waals surface area contributed by atoms with Gasteiger partial charge >= 0.3 is 12.0 Å². The molecule has 35 heavy (non-hydrogen) atoms. The number of carbonyl (C=O) groups is 3. The number of para-hydroxylation sites is 1. The summed E-state index contributed by atoms with van der Waals surface area (Å²) in [5.74, 6) is -1.31. The molecule has 1 aliphatic rings. The number of fused-ring (bicyclic) bond motifs is 2. The van der Waals surface area contributed by atoms with Crippen LogP contribution in [0.3, 0.4) is 0 Å². The molecule has 2 N–H and O–H groups in total. The number of urea groups is 1. The summed E-state index contributed by atoms with van der Waals surface area (Å²) in [6.45, 7) is 6.88. The van der Waals surface area contributed by atoms with Gasteiger partial charge in [-0.2, -0.15) is 0 Å². The molecule has 0 fully saturated rings. The number of nitrogens with zero attached hydrogens (tertiary/aromatic N) is 1. The van der Waals surface area contributed by atoms with Crippen molar-refractivity contribution in [2.75, 3.05) is 6.61 Å². The Kier molecular flexibility index (Phi) is 6.69. The fraction of sp³-hybridized carbons (Fsp3) is 0.286. The predicted octanol–water partition coefficient (Wildman–Crippen LogP) is 4.81. The fourth-order valence-corrected chi connectivity index (χ4v) is 4.11. The van der Waals surface area contributed by atoms with Gasteiger partial charge in [-0.25, -0.2) is 14.6 Å². The Hall–Kier alpha value is -4.00. The van der Waals surface area contributed by atoms with Crippen molar-refractivity contribution in [1.29, 1.82) is 0 Å². The van der Waals surface area contributed by atoms with Crippen molar-refractivity contribution in [3.8, 4) is 0 Å². The smallest absolute Gasteiger partial charge is 0.339 e. The number of nitrogens with one attached hydrogen (secondary N) is 2. The van der Waals surface area contributed by atoms with E-state index in [-0.39, 0.29) is 0 Å². The van der Waals surface area contributed by atoms with Crippen LogP contribution in [0.1, 0.15) is 59.9 Å². The third kappa shape index (κ3) is 5.74. The van der Waals surface area contributed by atoms with Gasteiger partial charge in [-0.15, -0.1) is 0 Å². The molecule has 0 saturated carbocycles. The normalized spacial score (nSPS) is 14.0. The third-order valence-electron chi connectivity index (χ3n) is 5.64. The Bertz CT molecular complexity index is 1330. The summed E-state index contributed by atoms with van der Waals surface area (Å²) in [6.07, 6.45) is 3.50. The molecule has 2 aromatic carbocycles. The van der Waals surface area contributed by atoms with Gasteiger partial charge in [0.15, 0.2) is 6.61 Å². The molecule has 3 aromatic rings. The number of hydrogen-bond donors (Lipinski definition) is 2. The maximum atomic E-state index is 13.2. The highest BCUT2D eigenvalue weighted by Crippen LogP contribution is 2.37. The number of ether oxygens (including phenoxy) is 1. The minimum Gasteiger partial charge on any atom is -0.452 e. The fourth-order valence-electron chi connectivity index (χ4n) is 4.11. The number of carbonyl (C=O) groups excluding carboxylic acids is 3. The third-order valence-corrected chi connectivity index (χ3v) is 5.64. The first kappa shape index (κ1) is 24.1. The van der Waals surface area contributed by atoms with E-state index in [9.17, 15) is 14.4 Å². The molecule has 180 valence electrons. The Morgan fingerprint density at radius 1 is 1.03 bits per heavy atom. The number of amides is 3. The summed E-state index contributed by atoms with van der Waals surface area (Å²) in [4.78, 5) is 42.1. The van der Waals surface area contributed by atoms with Crippen molar-refractivity contribution in [3.05, 3.63) is 76.5 Å². The lowest BCUT2D eigenvalue weighted by Gasteiger charge is -2.20. The number of aromatic nitrogens is 1. The quantitative estimate of drug-likeness (QED) is 0.532. The number of imide groups is 1. The molecule has 0 unspecified atom stereocenters. The molecule has 7 nitrogen and oxygen atoms in total. The molecular weight excluding hydrogens is 442 g/mol. The van der Waals surface area contributed by atoms with E-state index in [2.05, 4.69) is 41.0 Å². The minimum absolute atomic E-state index is 0.421. The molecule has 0 aliphatic heterocycles. The molecule has 4 rings (SSSR count). The second-order valence-electron chi connectivity index (χ2n) is 9.74. The molecule has 0 spiro atoms. The first-order valence-electron chi connectivity index (χ1n) is 11.6. The molecule has 0 atom stereocenters. The van der Waals surface area contributed by atoms with E-state index in [1.807, 2.05) is 31.2 Å². The Balaban J connectivity index is 1.59. The molecule has 3 amide bonds. The van der Waals surface area contributed by atoms with Gasteiger partial charge in [0, 0.05) is 10.9 Å².